The van der Waals surface area contributed by atoms with Crippen molar-refractivity contribution in [2.45, 2.75) is 26.8 Å². The van der Waals surface area contributed by atoms with Gasteiger partial charge in [0.2, 0.25) is 5.58 Å². The number of oxazole rings is 1. The van der Waals surface area contributed by atoms with E-state index in [0.29, 0.717) is 6.04 Å². The van der Waals surface area contributed by atoms with Gasteiger partial charge in [-0.1, -0.05) is 17.7 Å². The van der Waals surface area contributed by atoms with E-state index in [0.717, 1.165) is 11.5 Å². The zero-order valence-electron chi connectivity index (χ0n) is 11.4. The third-order valence-corrected chi connectivity index (χ3v) is 4.08. The second kappa shape index (κ2) is 3.47. The van der Waals surface area contributed by atoms with Crippen molar-refractivity contribution in [1.82, 2.24) is 0 Å². The Morgan fingerprint density at radius 3 is 2.58 bits per heavy atom. The topological polar surface area (TPSA) is 17.0 Å². The van der Waals surface area contributed by atoms with Crippen molar-refractivity contribution in [1.29, 1.82) is 0 Å². The minimum Gasteiger partial charge on any atom is -0.398 e. The fourth-order valence-corrected chi connectivity index (χ4v) is 3.10. The van der Waals surface area contributed by atoms with Crippen LogP contribution in [0.5, 0.6) is 0 Å². The first kappa shape index (κ1) is 10.8. The first-order valence-corrected chi connectivity index (χ1v) is 6.71. The van der Waals surface area contributed by atoms with Gasteiger partial charge in [-0.25, -0.2) is 0 Å². The third kappa shape index (κ3) is 1.34. The van der Waals surface area contributed by atoms with E-state index in [-0.39, 0.29) is 0 Å². The van der Waals surface area contributed by atoms with Crippen LogP contribution in [-0.2, 0) is 0 Å². The molecule has 19 heavy (non-hydrogen) atoms. The minimum atomic E-state index is 0.342. The van der Waals surface area contributed by atoms with Gasteiger partial charge in [0.1, 0.15) is 0 Å². The fourth-order valence-electron chi connectivity index (χ4n) is 3.10. The third-order valence-electron chi connectivity index (χ3n) is 4.08. The van der Waals surface area contributed by atoms with Crippen molar-refractivity contribution in [2.75, 3.05) is 0 Å². The van der Waals surface area contributed by atoms with Gasteiger partial charge in [0, 0.05) is 18.6 Å². The van der Waals surface area contributed by atoms with E-state index in [9.17, 15) is 0 Å². The summed E-state index contributed by atoms with van der Waals surface area (Å²) >= 11 is 0. The van der Waals surface area contributed by atoms with Crippen molar-refractivity contribution < 1.29 is 8.98 Å². The lowest BCUT2D eigenvalue weighted by Crippen LogP contribution is -2.34. The molecular formula is C17H16NO+. The van der Waals surface area contributed by atoms with Crippen LogP contribution in [0.2, 0.25) is 0 Å². The van der Waals surface area contributed by atoms with Gasteiger partial charge >= 0.3 is 5.89 Å². The van der Waals surface area contributed by atoms with Gasteiger partial charge in [-0.3, -0.25) is 0 Å². The molecule has 1 aliphatic heterocycles. The Bertz CT molecular complexity index is 813. The molecule has 3 aromatic rings. The standard InChI is InChI=1S/C17H16NO/c1-10-4-6-13-14(8-10)12(3)18-15-7-5-11(2)9-16(15)19-17(13)18/h4-9,12H,1-3H3/q+1. The summed E-state index contributed by atoms with van der Waals surface area (Å²) in [5.74, 6) is 0.989. The molecule has 0 amide bonds. The summed E-state index contributed by atoms with van der Waals surface area (Å²) in [5.41, 5.74) is 7.29. The fraction of sp³-hybridized carbons (Fsp3) is 0.235. The zero-order chi connectivity index (χ0) is 13.1. The molecule has 0 radical (unpaired) electrons. The number of hydrogen-bond donors (Lipinski definition) is 0. The highest BCUT2D eigenvalue weighted by molar-refractivity contribution is 5.74. The van der Waals surface area contributed by atoms with Gasteiger partial charge in [0.05, 0.1) is 5.56 Å². The first-order chi connectivity index (χ1) is 9.15. The molecular weight excluding hydrogens is 234 g/mol. The summed E-state index contributed by atoms with van der Waals surface area (Å²) in [5, 5.41) is 0. The van der Waals surface area contributed by atoms with Crippen molar-refractivity contribution in [3.05, 3.63) is 53.1 Å². The van der Waals surface area contributed by atoms with E-state index in [2.05, 4.69) is 61.7 Å². The van der Waals surface area contributed by atoms with Crippen LogP contribution in [0.4, 0.5) is 0 Å². The normalized spacial score (nSPS) is 16.7. The minimum absolute atomic E-state index is 0.342. The van der Waals surface area contributed by atoms with Crippen molar-refractivity contribution in [3.8, 4) is 11.5 Å². The van der Waals surface area contributed by atoms with Gasteiger partial charge in [-0.2, -0.15) is 0 Å². The van der Waals surface area contributed by atoms with Crippen LogP contribution in [0.1, 0.15) is 29.7 Å². The van der Waals surface area contributed by atoms with Gasteiger partial charge in [0.15, 0.2) is 6.04 Å². The Morgan fingerprint density at radius 1 is 1.00 bits per heavy atom. The maximum atomic E-state index is 6.09. The van der Waals surface area contributed by atoms with E-state index in [1.165, 1.54) is 27.8 Å². The number of nitrogens with zero attached hydrogens (tertiary/aromatic N) is 1. The molecule has 2 aromatic carbocycles. The highest BCUT2D eigenvalue weighted by atomic mass is 16.4. The average molecular weight is 250 g/mol. The summed E-state index contributed by atoms with van der Waals surface area (Å²) in [6.45, 7) is 6.47. The summed E-state index contributed by atoms with van der Waals surface area (Å²) in [6.07, 6.45) is 0. The van der Waals surface area contributed by atoms with Gasteiger partial charge < -0.3 is 4.42 Å². The van der Waals surface area contributed by atoms with E-state index >= 15 is 0 Å². The smallest absolute Gasteiger partial charge is 0.382 e. The molecule has 0 aliphatic carbocycles. The predicted molar refractivity (Wildman–Crippen MR) is 75.1 cm³/mol. The molecule has 0 N–H and O–H groups in total. The van der Waals surface area contributed by atoms with Crippen molar-refractivity contribution in [2.24, 2.45) is 0 Å². The Kier molecular flexibility index (Phi) is 1.97. The molecule has 0 spiro atoms. The van der Waals surface area contributed by atoms with Crippen LogP contribution in [0.25, 0.3) is 22.6 Å². The summed E-state index contributed by atoms with van der Waals surface area (Å²) in [4.78, 5) is 0. The Hall–Kier alpha value is -2.09. The summed E-state index contributed by atoms with van der Waals surface area (Å²) in [6, 6.07) is 13.4. The van der Waals surface area contributed by atoms with Gasteiger partial charge in [0.25, 0.3) is 5.52 Å². The SMILES string of the molecule is Cc1ccc2c(c1)C(C)[n+]1c-2oc2cc(C)ccc21. The number of benzene rings is 2. The van der Waals surface area contributed by atoms with E-state index < -0.39 is 0 Å². The molecule has 1 aliphatic rings. The average Bonchev–Trinajstić information content (AvgIpc) is 2.86. The van der Waals surface area contributed by atoms with Gasteiger partial charge in [-0.05, 0) is 37.6 Å². The van der Waals surface area contributed by atoms with Gasteiger partial charge in [-0.15, -0.1) is 4.57 Å². The highest BCUT2D eigenvalue weighted by Gasteiger charge is 2.39. The van der Waals surface area contributed by atoms with E-state index in [4.69, 9.17) is 4.42 Å². The Labute approximate surface area is 112 Å². The lowest BCUT2D eigenvalue weighted by Gasteiger charge is -2.01. The van der Waals surface area contributed by atoms with Crippen LogP contribution >= 0.6 is 0 Å². The number of aryl methyl sites for hydroxylation is 2. The van der Waals surface area contributed by atoms with Crippen LogP contribution in [0.15, 0.2) is 40.8 Å². The second-order valence-electron chi connectivity index (χ2n) is 5.52. The Morgan fingerprint density at radius 2 is 1.74 bits per heavy atom. The van der Waals surface area contributed by atoms with E-state index in [1.807, 2.05) is 0 Å². The molecule has 4 rings (SSSR count). The zero-order valence-corrected chi connectivity index (χ0v) is 11.4. The van der Waals surface area contributed by atoms with Crippen LogP contribution in [-0.4, -0.2) is 0 Å². The highest BCUT2D eigenvalue weighted by Crippen LogP contribution is 2.37. The van der Waals surface area contributed by atoms with Crippen LogP contribution < -0.4 is 4.57 Å². The molecule has 1 atom stereocenters. The number of rotatable bonds is 0. The number of fused-ring (bicyclic) bond motifs is 5. The maximum absolute atomic E-state index is 6.09. The van der Waals surface area contributed by atoms with E-state index in [1.54, 1.807) is 0 Å². The quantitative estimate of drug-likeness (QED) is 0.552. The Balaban J connectivity index is 2.08. The molecule has 2 nitrogen and oxygen atoms in total. The first-order valence-electron chi connectivity index (χ1n) is 6.71. The molecule has 1 unspecified atom stereocenters. The number of aromatic nitrogens is 1. The van der Waals surface area contributed by atoms with Crippen LogP contribution in [0, 0.1) is 13.8 Å². The summed E-state index contributed by atoms with van der Waals surface area (Å²) < 4.78 is 8.40. The lowest BCUT2D eigenvalue weighted by atomic mass is 10.0. The molecule has 2 heterocycles. The predicted octanol–water partition coefficient (Wildman–Crippen LogP) is 3.93. The molecule has 1 aromatic heterocycles. The second-order valence-corrected chi connectivity index (χ2v) is 5.52. The summed E-state index contributed by atoms with van der Waals surface area (Å²) in [7, 11) is 0. The molecule has 0 fully saturated rings. The molecule has 0 bridgehead atoms. The van der Waals surface area contributed by atoms with Crippen molar-refractivity contribution in [3.63, 3.8) is 0 Å². The monoisotopic (exact) mass is 250 g/mol. The number of hydrogen-bond acceptors (Lipinski definition) is 1. The maximum Gasteiger partial charge on any atom is 0.382 e. The van der Waals surface area contributed by atoms with Crippen molar-refractivity contribution >= 4 is 11.1 Å². The van der Waals surface area contributed by atoms with Crippen LogP contribution in [0.3, 0.4) is 0 Å². The lowest BCUT2D eigenvalue weighted by molar-refractivity contribution is -0.672. The largest absolute Gasteiger partial charge is 0.398 e. The molecule has 2 heteroatoms. The molecule has 0 saturated heterocycles. The molecule has 94 valence electrons. The molecule has 0 saturated carbocycles.